The van der Waals surface area contributed by atoms with Crippen LogP contribution < -0.4 is 9.80 Å². The number of hydrogen-bond acceptors (Lipinski definition) is 6. The van der Waals surface area contributed by atoms with Crippen LogP contribution in [-0.2, 0) is 32.2 Å². The van der Waals surface area contributed by atoms with Gasteiger partial charge in [-0.2, -0.15) is 0 Å². The first-order chi connectivity index (χ1) is 21.8. The maximum Gasteiger partial charge on any atom is 0.0718 e. The molecule has 0 aliphatic heterocycles. The van der Waals surface area contributed by atoms with E-state index in [9.17, 15) is 0 Å². The van der Waals surface area contributed by atoms with Crippen LogP contribution in [0.1, 0.15) is 11.1 Å². The molecule has 0 N–H and O–H groups in total. The molecule has 5 rings (SSSR count). The number of hydrogen-bond donors (Lipinski definition) is 0. The Hall–Kier alpha value is -4.46. The maximum atomic E-state index is 5.72. The first kappa shape index (κ1) is 31.0. The summed E-state index contributed by atoms with van der Waals surface area (Å²) in [7, 11) is 3.37. The van der Waals surface area contributed by atoms with Crippen molar-refractivity contribution in [2.24, 2.45) is 0 Å². The lowest BCUT2D eigenvalue weighted by atomic mass is 10.1. The van der Waals surface area contributed by atoms with Gasteiger partial charge in [0.2, 0.25) is 0 Å². The summed E-state index contributed by atoms with van der Waals surface area (Å²) in [6, 6.07) is 46.7. The number of benzene rings is 5. The van der Waals surface area contributed by atoms with Crippen molar-refractivity contribution in [2.45, 2.75) is 13.2 Å². The van der Waals surface area contributed by atoms with E-state index in [-0.39, 0.29) is 0 Å². The van der Waals surface area contributed by atoms with Gasteiger partial charge >= 0.3 is 0 Å². The quantitative estimate of drug-likeness (QED) is 0.107. The van der Waals surface area contributed by atoms with Crippen LogP contribution in [0.15, 0.2) is 133 Å². The van der Waals surface area contributed by atoms with Gasteiger partial charge < -0.3 is 28.7 Å². The SMILES string of the molecule is COCCOCc1ccc(N(c2ccccc2)c2ccc(N(c3ccccc3)c3ccc(COCCOC)cc3)cc2)cc1. The Bertz CT molecular complexity index is 1390. The average Bonchev–Trinajstić information content (AvgIpc) is 3.08. The van der Waals surface area contributed by atoms with E-state index in [2.05, 4.69) is 131 Å². The lowest BCUT2D eigenvalue weighted by Gasteiger charge is -2.28. The van der Waals surface area contributed by atoms with Crippen molar-refractivity contribution in [2.75, 3.05) is 50.4 Å². The van der Waals surface area contributed by atoms with Crippen LogP contribution >= 0.6 is 0 Å². The van der Waals surface area contributed by atoms with Crippen molar-refractivity contribution in [3.8, 4) is 0 Å². The number of para-hydroxylation sites is 2. The van der Waals surface area contributed by atoms with Gasteiger partial charge in [-0.3, -0.25) is 0 Å². The van der Waals surface area contributed by atoms with Gasteiger partial charge in [0.25, 0.3) is 0 Å². The summed E-state index contributed by atoms with van der Waals surface area (Å²) >= 11 is 0. The molecule has 0 radical (unpaired) electrons. The highest BCUT2D eigenvalue weighted by Gasteiger charge is 2.16. The van der Waals surface area contributed by atoms with Gasteiger partial charge in [-0.05, 0) is 83.9 Å². The summed E-state index contributed by atoms with van der Waals surface area (Å²) < 4.78 is 21.6. The lowest BCUT2D eigenvalue weighted by molar-refractivity contribution is 0.0616. The van der Waals surface area contributed by atoms with Crippen LogP contribution in [0.4, 0.5) is 34.1 Å². The third kappa shape index (κ3) is 8.34. The highest BCUT2D eigenvalue weighted by atomic mass is 16.5. The Morgan fingerprint density at radius 2 is 0.659 bits per heavy atom. The maximum absolute atomic E-state index is 5.72. The fourth-order valence-electron chi connectivity index (χ4n) is 4.95. The van der Waals surface area contributed by atoms with Crippen molar-refractivity contribution in [1.29, 1.82) is 0 Å². The Morgan fingerprint density at radius 1 is 0.364 bits per heavy atom. The van der Waals surface area contributed by atoms with E-state index in [1.54, 1.807) is 14.2 Å². The van der Waals surface area contributed by atoms with Crippen LogP contribution in [-0.4, -0.2) is 40.6 Å². The zero-order valence-electron chi connectivity index (χ0n) is 25.5. The molecule has 0 atom stereocenters. The molecule has 6 heteroatoms. The van der Waals surface area contributed by atoms with Gasteiger partial charge in [0.15, 0.2) is 0 Å². The molecule has 44 heavy (non-hydrogen) atoms. The first-order valence-corrected chi connectivity index (χ1v) is 14.9. The van der Waals surface area contributed by atoms with Gasteiger partial charge in [-0.15, -0.1) is 0 Å². The molecular formula is C38H40N2O4. The molecule has 5 aromatic rings. The molecule has 0 saturated carbocycles. The number of anilines is 6. The second-order valence-corrected chi connectivity index (χ2v) is 10.3. The fraction of sp³-hybridized carbons (Fsp3) is 0.211. The van der Waals surface area contributed by atoms with Gasteiger partial charge in [0.05, 0.1) is 39.6 Å². The molecule has 6 nitrogen and oxygen atoms in total. The van der Waals surface area contributed by atoms with Gasteiger partial charge in [-0.25, -0.2) is 0 Å². The minimum atomic E-state index is 0.556. The standard InChI is InChI=1S/C38H40N2O4/c1-41-25-27-43-29-31-13-17-35(18-14-31)39(33-9-5-3-6-10-33)37-21-23-38(24-22-37)40(34-11-7-4-8-12-34)36-19-15-32(16-20-36)30-44-28-26-42-2/h3-24H,25-30H2,1-2H3. The summed E-state index contributed by atoms with van der Waals surface area (Å²) in [5.74, 6) is 0. The molecule has 226 valence electrons. The largest absolute Gasteiger partial charge is 0.382 e. The first-order valence-electron chi connectivity index (χ1n) is 14.9. The molecule has 0 fully saturated rings. The van der Waals surface area contributed by atoms with E-state index in [1.165, 1.54) is 0 Å². The minimum Gasteiger partial charge on any atom is -0.382 e. The smallest absolute Gasteiger partial charge is 0.0718 e. The van der Waals surface area contributed by atoms with E-state index < -0.39 is 0 Å². The molecular weight excluding hydrogens is 548 g/mol. The normalized spacial score (nSPS) is 11.0. The zero-order valence-corrected chi connectivity index (χ0v) is 25.5. The highest BCUT2D eigenvalue weighted by Crippen LogP contribution is 2.39. The van der Waals surface area contributed by atoms with Crippen molar-refractivity contribution in [3.05, 3.63) is 145 Å². The summed E-state index contributed by atoms with van der Waals surface area (Å²) in [5, 5.41) is 0. The third-order valence-corrected chi connectivity index (χ3v) is 7.19. The van der Waals surface area contributed by atoms with Crippen LogP contribution in [0, 0.1) is 0 Å². The zero-order chi connectivity index (χ0) is 30.4. The second-order valence-electron chi connectivity index (χ2n) is 10.3. The van der Waals surface area contributed by atoms with Crippen molar-refractivity contribution >= 4 is 34.1 Å². The molecule has 5 aromatic carbocycles. The Balaban J connectivity index is 1.41. The topological polar surface area (TPSA) is 43.4 Å². The lowest BCUT2D eigenvalue weighted by Crippen LogP contribution is -2.12. The number of rotatable bonds is 16. The summed E-state index contributed by atoms with van der Waals surface area (Å²) in [5.41, 5.74) is 8.72. The van der Waals surface area contributed by atoms with Crippen LogP contribution in [0.3, 0.4) is 0 Å². The average molecular weight is 589 g/mol. The Kier molecular flexibility index (Phi) is 11.6. The van der Waals surface area contributed by atoms with Crippen LogP contribution in [0.5, 0.6) is 0 Å². The molecule has 0 spiro atoms. The van der Waals surface area contributed by atoms with Crippen molar-refractivity contribution in [3.63, 3.8) is 0 Å². The molecule has 0 saturated heterocycles. The highest BCUT2D eigenvalue weighted by molar-refractivity contribution is 5.81. The number of ether oxygens (including phenoxy) is 4. The Labute approximate surface area is 261 Å². The van der Waals surface area contributed by atoms with Crippen LogP contribution in [0.2, 0.25) is 0 Å². The molecule has 0 amide bonds. The summed E-state index contributed by atoms with van der Waals surface area (Å²) in [6.07, 6.45) is 0. The minimum absolute atomic E-state index is 0.556. The molecule has 0 aromatic heterocycles. The number of methoxy groups -OCH3 is 2. The van der Waals surface area contributed by atoms with Gasteiger partial charge in [0.1, 0.15) is 0 Å². The predicted molar refractivity (Wildman–Crippen MR) is 179 cm³/mol. The van der Waals surface area contributed by atoms with E-state index >= 15 is 0 Å². The predicted octanol–water partition coefficient (Wildman–Crippen LogP) is 8.95. The van der Waals surface area contributed by atoms with Crippen molar-refractivity contribution < 1.29 is 18.9 Å². The third-order valence-electron chi connectivity index (χ3n) is 7.19. The number of nitrogens with zero attached hydrogens (tertiary/aromatic N) is 2. The fourth-order valence-corrected chi connectivity index (χ4v) is 4.95. The molecule has 0 aliphatic rings. The van der Waals surface area contributed by atoms with E-state index in [0.717, 1.165) is 45.3 Å². The summed E-state index contributed by atoms with van der Waals surface area (Å²) in [6.45, 7) is 3.45. The van der Waals surface area contributed by atoms with E-state index in [0.29, 0.717) is 39.6 Å². The molecule has 0 bridgehead atoms. The molecule has 0 heterocycles. The summed E-state index contributed by atoms with van der Waals surface area (Å²) in [4.78, 5) is 4.54. The molecule has 0 aliphatic carbocycles. The molecule has 0 unspecified atom stereocenters. The van der Waals surface area contributed by atoms with Crippen molar-refractivity contribution in [1.82, 2.24) is 0 Å². The monoisotopic (exact) mass is 588 g/mol. The van der Waals surface area contributed by atoms with E-state index in [4.69, 9.17) is 18.9 Å². The van der Waals surface area contributed by atoms with Gasteiger partial charge in [-0.1, -0.05) is 60.7 Å². The second kappa shape index (κ2) is 16.4. The Morgan fingerprint density at radius 3 is 0.977 bits per heavy atom. The van der Waals surface area contributed by atoms with E-state index in [1.807, 2.05) is 12.1 Å². The van der Waals surface area contributed by atoms with Gasteiger partial charge in [0, 0.05) is 48.3 Å². The van der Waals surface area contributed by atoms with Crippen LogP contribution in [0.25, 0.3) is 0 Å².